The number of carbonyl (C=O) groups is 2. The molecule has 0 aromatic heterocycles. The highest BCUT2D eigenvalue weighted by atomic mass is 16.2. The van der Waals surface area contributed by atoms with Gasteiger partial charge in [-0.3, -0.25) is 9.59 Å². The van der Waals surface area contributed by atoms with Gasteiger partial charge in [0.15, 0.2) is 0 Å². The van der Waals surface area contributed by atoms with Crippen molar-refractivity contribution in [3.8, 4) is 0 Å². The topological polar surface area (TPSA) is 70.2 Å². The van der Waals surface area contributed by atoms with Gasteiger partial charge in [-0.15, -0.1) is 0 Å². The van der Waals surface area contributed by atoms with Crippen LogP contribution in [0, 0.1) is 5.92 Å². The molecule has 0 radical (unpaired) electrons. The van der Waals surface area contributed by atoms with Crippen molar-refractivity contribution in [1.82, 2.24) is 5.32 Å². The van der Waals surface area contributed by atoms with E-state index in [0.717, 1.165) is 62.9 Å². The lowest BCUT2D eigenvalue weighted by molar-refractivity contribution is -0.121. The number of anilines is 2. The normalized spacial score (nSPS) is 21.9. The van der Waals surface area contributed by atoms with Crippen molar-refractivity contribution >= 4 is 23.2 Å². The summed E-state index contributed by atoms with van der Waals surface area (Å²) in [5, 5.41) is 9.20. The third-order valence-corrected chi connectivity index (χ3v) is 5.00. The molecule has 1 aliphatic carbocycles. The molecule has 1 atom stereocenters. The zero-order valence-electron chi connectivity index (χ0n) is 14.1. The minimum Gasteiger partial charge on any atom is -0.326 e. The van der Waals surface area contributed by atoms with Gasteiger partial charge in [0.2, 0.25) is 11.8 Å². The van der Waals surface area contributed by atoms with Crippen molar-refractivity contribution in [3.63, 3.8) is 0 Å². The van der Waals surface area contributed by atoms with Gasteiger partial charge in [-0.05, 0) is 50.4 Å². The van der Waals surface area contributed by atoms with Crippen molar-refractivity contribution in [3.05, 3.63) is 24.3 Å². The molecular formula is C19H27N3O2. The third kappa shape index (κ3) is 4.57. The fraction of sp³-hybridized carbons (Fsp3) is 0.579. The monoisotopic (exact) mass is 329 g/mol. The number of rotatable bonds is 4. The molecule has 2 aliphatic rings. The van der Waals surface area contributed by atoms with E-state index in [2.05, 4.69) is 16.0 Å². The molecule has 5 heteroatoms. The van der Waals surface area contributed by atoms with Crippen LogP contribution in [0.4, 0.5) is 11.4 Å². The second kappa shape index (κ2) is 8.29. The summed E-state index contributed by atoms with van der Waals surface area (Å²) in [4.78, 5) is 24.6. The summed E-state index contributed by atoms with van der Waals surface area (Å²) in [7, 11) is 0. The predicted molar refractivity (Wildman–Crippen MR) is 95.9 cm³/mol. The maximum atomic E-state index is 12.3. The Labute approximate surface area is 143 Å². The van der Waals surface area contributed by atoms with Crippen LogP contribution in [0.25, 0.3) is 0 Å². The number of carbonyl (C=O) groups excluding carboxylic acids is 2. The van der Waals surface area contributed by atoms with Crippen molar-refractivity contribution in [2.24, 2.45) is 5.92 Å². The van der Waals surface area contributed by atoms with Gasteiger partial charge in [0.05, 0.1) is 6.04 Å². The number of hydrogen-bond donors (Lipinski definition) is 3. The van der Waals surface area contributed by atoms with Gasteiger partial charge in [-0.25, -0.2) is 0 Å². The van der Waals surface area contributed by atoms with Gasteiger partial charge < -0.3 is 16.0 Å². The molecule has 1 aliphatic heterocycles. The van der Waals surface area contributed by atoms with Crippen LogP contribution in [0.3, 0.4) is 0 Å². The van der Waals surface area contributed by atoms with Crippen LogP contribution in [0.2, 0.25) is 0 Å². The maximum absolute atomic E-state index is 12.3. The Bertz CT molecular complexity index is 528. The Morgan fingerprint density at radius 3 is 2.21 bits per heavy atom. The van der Waals surface area contributed by atoms with E-state index in [1.807, 2.05) is 24.3 Å². The van der Waals surface area contributed by atoms with Crippen LogP contribution in [-0.2, 0) is 9.59 Å². The fourth-order valence-corrected chi connectivity index (χ4v) is 3.59. The van der Waals surface area contributed by atoms with Crippen molar-refractivity contribution in [2.45, 2.75) is 57.4 Å². The number of piperidine rings is 1. The Balaban J connectivity index is 1.57. The lowest BCUT2D eigenvalue weighted by Crippen LogP contribution is -2.43. The molecule has 2 amide bonds. The first-order valence-corrected chi connectivity index (χ1v) is 9.17. The fourth-order valence-electron chi connectivity index (χ4n) is 3.59. The zero-order chi connectivity index (χ0) is 16.8. The molecule has 0 bridgehead atoms. The molecular weight excluding hydrogens is 302 g/mol. The van der Waals surface area contributed by atoms with Crippen LogP contribution < -0.4 is 16.0 Å². The molecule has 0 spiro atoms. The largest absolute Gasteiger partial charge is 0.326 e. The molecule has 24 heavy (non-hydrogen) atoms. The summed E-state index contributed by atoms with van der Waals surface area (Å²) in [5.74, 6) is 0.237. The minimum atomic E-state index is -0.112. The molecule has 1 saturated carbocycles. The predicted octanol–water partition coefficient (Wildman–Crippen LogP) is 3.29. The second-order valence-corrected chi connectivity index (χ2v) is 6.90. The van der Waals surface area contributed by atoms with Crippen LogP contribution in [0.5, 0.6) is 0 Å². The molecule has 1 saturated heterocycles. The third-order valence-electron chi connectivity index (χ3n) is 5.00. The second-order valence-electron chi connectivity index (χ2n) is 6.90. The van der Waals surface area contributed by atoms with Crippen LogP contribution >= 0.6 is 0 Å². The standard InChI is InChI=1S/C19H27N3O2/c23-18(14-7-2-1-3-8-14)21-15-9-6-10-16(13-15)22-19(24)17-11-4-5-12-20-17/h6,9-10,13-14,17,20H,1-5,7-8,11-12H2,(H,21,23)(H,22,24). The molecule has 5 nitrogen and oxygen atoms in total. The molecule has 3 N–H and O–H groups in total. The smallest absolute Gasteiger partial charge is 0.241 e. The molecule has 2 fully saturated rings. The van der Waals surface area contributed by atoms with E-state index in [4.69, 9.17) is 0 Å². The van der Waals surface area contributed by atoms with E-state index in [9.17, 15) is 9.59 Å². The first kappa shape index (κ1) is 17.0. The average molecular weight is 329 g/mol. The lowest BCUT2D eigenvalue weighted by Gasteiger charge is -2.23. The zero-order valence-corrected chi connectivity index (χ0v) is 14.1. The van der Waals surface area contributed by atoms with Gasteiger partial charge in [0.1, 0.15) is 0 Å². The molecule has 130 valence electrons. The van der Waals surface area contributed by atoms with E-state index in [1.165, 1.54) is 6.42 Å². The van der Waals surface area contributed by atoms with Crippen molar-refractivity contribution in [1.29, 1.82) is 0 Å². The first-order valence-electron chi connectivity index (χ1n) is 9.17. The molecule has 1 aromatic carbocycles. The average Bonchev–Trinajstić information content (AvgIpc) is 2.63. The van der Waals surface area contributed by atoms with E-state index in [1.54, 1.807) is 0 Å². The Morgan fingerprint density at radius 1 is 0.875 bits per heavy atom. The highest BCUT2D eigenvalue weighted by molar-refractivity contribution is 5.97. The Hall–Kier alpha value is -1.88. The Kier molecular flexibility index (Phi) is 5.86. The van der Waals surface area contributed by atoms with Gasteiger partial charge >= 0.3 is 0 Å². The molecule has 1 unspecified atom stereocenters. The lowest BCUT2D eigenvalue weighted by atomic mass is 9.88. The minimum absolute atomic E-state index is 0.00505. The number of amides is 2. The van der Waals surface area contributed by atoms with Crippen LogP contribution in [-0.4, -0.2) is 24.4 Å². The van der Waals surface area contributed by atoms with E-state index < -0.39 is 0 Å². The number of hydrogen-bond acceptors (Lipinski definition) is 3. The number of benzene rings is 1. The molecule has 1 heterocycles. The van der Waals surface area contributed by atoms with Gasteiger partial charge in [0.25, 0.3) is 0 Å². The van der Waals surface area contributed by atoms with Crippen LogP contribution in [0.1, 0.15) is 51.4 Å². The molecule has 3 rings (SSSR count). The van der Waals surface area contributed by atoms with Crippen LogP contribution in [0.15, 0.2) is 24.3 Å². The molecule has 1 aromatic rings. The summed E-state index contributed by atoms with van der Waals surface area (Å²) in [5.41, 5.74) is 1.48. The van der Waals surface area contributed by atoms with Crippen molar-refractivity contribution in [2.75, 3.05) is 17.2 Å². The number of nitrogens with one attached hydrogen (secondary N) is 3. The first-order chi connectivity index (χ1) is 11.7. The van der Waals surface area contributed by atoms with Crippen molar-refractivity contribution < 1.29 is 9.59 Å². The van der Waals surface area contributed by atoms with Gasteiger partial charge in [0, 0.05) is 17.3 Å². The summed E-state index contributed by atoms with van der Waals surface area (Å²) >= 11 is 0. The summed E-state index contributed by atoms with van der Waals surface area (Å²) in [6, 6.07) is 7.31. The highest BCUT2D eigenvalue weighted by Crippen LogP contribution is 2.25. The highest BCUT2D eigenvalue weighted by Gasteiger charge is 2.22. The van der Waals surface area contributed by atoms with E-state index in [-0.39, 0.29) is 23.8 Å². The maximum Gasteiger partial charge on any atom is 0.241 e. The SMILES string of the molecule is O=C(Nc1cccc(NC(=O)C2CCCCN2)c1)C1CCCCC1. The summed E-state index contributed by atoms with van der Waals surface area (Å²) in [6.07, 6.45) is 8.58. The van der Waals surface area contributed by atoms with Gasteiger partial charge in [-0.2, -0.15) is 0 Å². The Morgan fingerprint density at radius 2 is 1.54 bits per heavy atom. The van der Waals surface area contributed by atoms with E-state index in [0.29, 0.717) is 0 Å². The van der Waals surface area contributed by atoms with Gasteiger partial charge in [-0.1, -0.05) is 31.7 Å². The summed E-state index contributed by atoms with van der Waals surface area (Å²) < 4.78 is 0. The summed E-state index contributed by atoms with van der Waals surface area (Å²) in [6.45, 7) is 0.898. The quantitative estimate of drug-likeness (QED) is 0.794. The van der Waals surface area contributed by atoms with E-state index >= 15 is 0 Å².